The van der Waals surface area contributed by atoms with E-state index in [1.165, 1.54) is 61.2 Å². The maximum absolute atomic E-state index is 4.84. The zero-order valence-electron chi connectivity index (χ0n) is 19.0. The standard InChI is InChI=1S/C29H31BrN2/c1-19-11-24(20(2)32(19)28-9-5-26(30)6-10-28)18-31-27-7-3-25(4-8-27)29-15-21-12-22(16-29)14-23(13-21)17-29/h3-11,18,21-23H,12-17H2,1-2H3. The van der Waals surface area contributed by atoms with Gasteiger partial charge in [0.2, 0.25) is 0 Å². The first-order valence-corrected chi connectivity index (χ1v) is 12.9. The smallest absolute Gasteiger partial charge is 0.0630 e. The molecule has 0 unspecified atom stereocenters. The summed E-state index contributed by atoms with van der Waals surface area (Å²) in [5.74, 6) is 2.96. The molecule has 4 aliphatic carbocycles. The van der Waals surface area contributed by atoms with Crippen molar-refractivity contribution in [3.05, 3.63) is 81.6 Å². The van der Waals surface area contributed by atoms with E-state index < -0.39 is 0 Å². The van der Waals surface area contributed by atoms with Gasteiger partial charge < -0.3 is 4.57 Å². The Morgan fingerprint density at radius 3 is 2.06 bits per heavy atom. The van der Waals surface area contributed by atoms with Gasteiger partial charge in [0.1, 0.15) is 0 Å². The average Bonchev–Trinajstić information content (AvgIpc) is 3.05. The Morgan fingerprint density at radius 1 is 0.875 bits per heavy atom. The van der Waals surface area contributed by atoms with Gasteiger partial charge in [-0.1, -0.05) is 28.1 Å². The molecule has 4 fully saturated rings. The van der Waals surface area contributed by atoms with Crippen LogP contribution >= 0.6 is 15.9 Å². The summed E-state index contributed by atoms with van der Waals surface area (Å²) >= 11 is 3.53. The van der Waals surface area contributed by atoms with Gasteiger partial charge in [-0.3, -0.25) is 4.99 Å². The molecule has 0 aliphatic heterocycles. The lowest BCUT2D eigenvalue weighted by atomic mass is 9.48. The number of aromatic nitrogens is 1. The van der Waals surface area contributed by atoms with Crippen molar-refractivity contribution >= 4 is 27.8 Å². The molecule has 1 aromatic heterocycles. The highest BCUT2D eigenvalue weighted by Gasteiger charge is 2.51. The molecule has 0 N–H and O–H groups in total. The fourth-order valence-corrected chi connectivity index (χ4v) is 7.68. The Bertz CT molecular complexity index is 1130. The summed E-state index contributed by atoms with van der Waals surface area (Å²) in [7, 11) is 0. The number of rotatable bonds is 4. The molecule has 2 aromatic carbocycles. The first kappa shape index (κ1) is 20.5. The Labute approximate surface area is 199 Å². The summed E-state index contributed by atoms with van der Waals surface area (Å²) in [5.41, 5.74) is 7.89. The van der Waals surface area contributed by atoms with Gasteiger partial charge in [0.05, 0.1) is 5.69 Å². The molecule has 32 heavy (non-hydrogen) atoms. The topological polar surface area (TPSA) is 17.3 Å². The van der Waals surface area contributed by atoms with E-state index in [0.29, 0.717) is 5.41 Å². The fraction of sp³-hybridized carbons (Fsp3) is 0.414. The van der Waals surface area contributed by atoms with Gasteiger partial charge in [0.25, 0.3) is 0 Å². The van der Waals surface area contributed by atoms with E-state index in [0.717, 1.165) is 27.9 Å². The van der Waals surface area contributed by atoms with Crippen molar-refractivity contribution in [3.63, 3.8) is 0 Å². The molecule has 4 bridgehead atoms. The number of nitrogens with zero attached hydrogens (tertiary/aromatic N) is 2. The molecule has 3 aromatic rings. The second-order valence-corrected chi connectivity index (χ2v) is 11.6. The maximum atomic E-state index is 4.84. The summed E-state index contributed by atoms with van der Waals surface area (Å²) in [6.07, 6.45) is 10.8. The van der Waals surface area contributed by atoms with Gasteiger partial charge in [0, 0.05) is 33.3 Å². The van der Waals surface area contributed by atoms with Crippen molar-refractivity contribution in [2.75, 3.05) is 0 Å². The third-order valence-electron chi connectivity index (χ3n) is 8.43. The van der Waals surface area contributed by atoms with Crippen molar-refractivity contribution in [1.82, 2.24) is 4.57 Å². The van der Waals surface area contributed by atoms with Crippen molar-refractivity contribution in [3.8, 4) is 5.69 Å². The molecule has 164 valence electrons. The lowest BCUT2D eigenvalue weighted by Gasteiger charge is -2.57. The number of benzene rings is 2. The summed E-state index contributed by atoms with van der Waals surface area (Å²) < 4.78 is 3.40. The molecule has 0 amide bonds. The van der Waals surface area contributed by atoms with Crippen molar-refractivity contribution in [2.45, 2.75) is 57.8 Å². The summed E-state index contributed by atoms with van der Waals surface area (Å²) in [5, 5.41) is 0. The molecular weight excluding hydrogens is 456 g/mol. The molecule has 0 atom stereocenters. The molecule has 1 heterocycles. The quantitative estimate of drug-likeness (QED) is 0.331. The number of hydrogen-bond acceptors (Lipinski definition) is 1. The van der Waals surface area contributed by atoms with Crippen molar-refractivity contribution < 1.29 is 0 Å². The Balaban J connectivity index is 1.23. The van der Waals surface area contributed by atoms with Gasteiger partial charge in [-0.2, -0.15) is 0 Å². The Hall–Kier alpha value is -2.13. The van der Waals surface area contributed by atoms with E-state index in [1.807, 2.05) is 6.21 Å². The van der Waals surface area contributed by atoms with Crippen molar-refractivity contribution in [2.24, 2.45) is 22.7 Å². The molecule has 0 spiro atoms. The largest absolute Gasteiger partial charge is 0.318 e. The van der Waals surface area contributed by atoms with Crippen LogP contribution in [0, 0.1) is 31.6 Å². The highest BCUT2D eigenvalue weighted by molar-refractivity contribution is 9.10. The van der Waals surface area contributed by atoms with Crippen LogP contribution in [0.4, 0.5) is 5.69 Å². The fourth-order valence-electron chi connectivity index (χ4n) is 7.42. The molecule has 3 heteroatoms. The van der Waals surface area contributed by atoms with E-state index >= 15 is 0 Å². The molecule has 4 saturated carbocycles. The van der Waals surface area contributed by atoms with Gasteiger partial charge in [-0.15, -0.1) is 0 Å². The lowest BCUT2D eigenvalue weighted by Crippen LogP contribution is -2.48. The second-order valence-electron chi connectivity index (χ2n) is 10.6. The van der Waals surface area contributed by atoms with Crippen LogP contribution < -0.4 is 0 Å². The molecule has 0 radical (unpaired) electrons. The van der Waals surface area contributed by atoms with E-state index in [-0.39, 0.29) is 0 Å². The minimum absolute atomic E-state index is 0.465. The van der Waals surface area contributed by atoms with E-state index in [1.54, 1.807) is 5.56 Å². The Kier molecular flexibility index (Phi) is 4.94. The predicted octanol–water partition coefficient (Wildman–Crippen LogP) is 8.08. The minimum atomic E-state index is 0.465. The van der Waals surface area contributed by atoms with Crippen LogP contribution in [0.2, 0.25) is 0 Å². The highest BCUT2D eigenvalue weighted by atomic mass is 79.9. The normalized spacial score (nSPS) is 28.7. The number of aryl methyl sites for hydroxylation is 1. The van der Waals surface area contributed by atoms with Crippen LogP contribution in [0.15, 0.2) is 64.1 Å². The monoisotopic (exact) mass is 486 g/mol. The van der Waals surface area contributed by atoms with E-state index in [2.05, 4.69) is 88.9 Å². The third-order valence-corrected chi connectivity index (χ3v) is 8.95. The first-order chi connectivity index (χ1) is 15.5. The first-order valence-electron chi connectivity index (χ1n) is 12.1. The van der Waals surface area contributed by atoms with Crippen LogP contribution in [0.25, 0.3) is 5.69 Å². The molecule has 7 rings (SSSR count). The van der Waals surface area contributed by atoms with E-state index in [9.17, 15) is 0 Å². The lowest BCUT2D eigenvalue weighted by molar-refractivity contribution is -0.00518. The van der Waals surface area contributed by atoms with Gasteiger partial charge >= 0.3 is 0 Å². The number of hydrogen-bond donors (Lipinski definition) is 0. The van der Waals surface area contributed by atoms with Crippen LogP contribution in [0.1, 0.15) is 61.0 Å². The highest BCUT2D eigenvalue weighted by Crippen LogP contribution is 2.60. The molecule has 0 saturated heterocycles. The van der Waals surface area contributed by atoms with E-state index in [4.69, 9.17) is 4.99 Å². The van der Waals surface area contributed by atoms with Gasteiger partial charge in [-0.25, -0.2) is 0 Å². The molecule has 2 nitrogen and oxygen atoms in total. The predicted molar refractivity (Wildman–Crippen MR) is 136 cm³/mol. The van der Waals surface area contributed by atoms with Crippen LogP contribution in [0.3, 0.4) is 0 Å². The SMILES string of the molecule is Cc1cc(C=Nc2ccc(C34CC5CC(CC(C5)C3)C4)cc2)c(C)n1-c1ccc(Br)cc1. The number of aliphatic imine (C=N–C) groups is 1. The van der Waals surface area contributed by atoms with Gasteiger partial charge in [0.15, 0.2) is 0 Å². The Morgan fingerprint density at radius 2 is 1.47 bits per heavy atom. The molecule has 4 aliphatic rings. The average molecular weight is 487 g/mol. The van der Waals surface area contributed by atoms with Gasteiger partial charge in [-0.05, 0) is 124 Å². The zero-order chi connectivity index (χ0) is 21.9. The minimum Gasteiger partial charge on any atom is -0.318 e. The second kappa shape index (κ2) is 7.73. The summed E-state index contributed by atoms with van der Waals surface area (Å²) in [4.78, 5) is 4.84. The van der Waals surface area contributed by atoms with Crippen LogP contribution in [-0.4, -0.2) is 10.8 Å². The zero-order valence-corrected chi connectivity index (χ0v) is 20.6. The summed E-state index contributed by atoms with van der Waals surface area (Å²) in [6.45, 7) is 4.33. The van der Waals surface area contributed by atoms with Crippen molar-refractivity contribution in [1.29, 1.82) is 0 Å². The number of halogens is 1. The van der Waals surface area contributed by atoms with Crippen LogP contribution in [0.5, 0.6) is 0 Å². The maximum Gasteiger partial charge on any atom is 0.0630 e. The molecular formula is C29H31BrN2. The third kappa shape index (κ3) is 3.50. The van der Waals surface area contributed by atoms with Crippen LogP contribution in [-0.2, 0) is 5.41 Å². The summed E-state index contributed by atoms with van der Waals surface area (Å²) in [6, 6.07) is 19.9.